The number of aromatic carboxylic acids is 1. The van der Waals surface area contributed by atoms with Crippen molar-refractivity contribution >= 4 is 47.0 Å². The summed E-state index contributed by atoms with van der Waals surface area (Å²) in [6.07, 6.45) is 1.52. The van der Waals surface area contributed by atoms with Gasteiger partial charge in [-0.25, -0.2) is 9.78 Å². The molecule has 3 rings (SSSR count). The lowest BCUT2D eigenvalue weighted by Gasteiger charge is -2.29. The maximum Gasteiger partial charge on any atom is 0.547 e. The predicted octanol–water partition coefficient (Wildman–Crippen LogP) is 0.811. The zero-order valence-corrected chi connectivity index (χ0v) is 16.4. The first-order valence-corrected chi connectivity index (χ1v) is 9.78. The van der Waals surface area contributed by atoms with Gasteiger partial charge in [0.05, 0.1) is 22.8 Å². The minimum atomic E-state index is -1.47. The van der Waals surface area contributed by atoms with Crippen LogP contribution in [0.2, 0.25) is 0 Å². The van der Waals surface area contributed by atoms with E-state index in [-0.39, 0.29) is 41.3 Å². The van der Waals surface area contributed by atoms with Crippen molar-refractivity contribution in [2.75, 3.05) is 5.73 Å². The summed E-state index contributed by atoms with van der Waals surface area (Å²) in [7, 11) is -1.47. The number of nitrogen functional groups attached to an aromatic ring is 1. The number of para-hydroxylation sites is 1. The van der Waals surface area contributed by atoms with Gasteiger partial charge < -0.3 is 30.9 Å². The lowest BCUT2D eigenvalue weighted by atomic mass is 9.72. The molecular weight excluding hydrogens is 413 g/mol. The van der Waals surface area contributed by atoms with E-state index >= 15 is 0 Å². The number of aliphatic carboxylic acids is 1. The number of nitrogens with one attached hydrogen (secondary N) is 1. The fraction of sp³-hybridized carbons (Fsp3) is 0.222. The minimum absolute atomic E-state index is 0.0625. The third-order valence-electron chi connectivity index (χ3n) is 4.42. The number of anilines is 1. The van der Waals surface area contributed by atoms with Crippen LogP contribution in [0.4, 0.5) is 5.13 Å². The number of carboxylic acids is 2. The molecule has 0 radical (unpaired) electrons. The number of hydrogen-bond acceptors (Lipinski definition) is 8. The van der Waals surface area contributed by atoms with Gasteiger partial charge in [0.2, 0.25) is 0 Å². The van der Waals surface area contributed by atoms with Crippen LogP contribution in [0.3, 0.4) is 0 Å². The molecule has 1 aliphatic heterocycles. The fourth-order valence-corrected chi connectivity index (χ4v) is 3.59. The Morgan fingerprint density at radius 2 is 2.13 bits per heavy atom. The Labute approximate surface area is 175 Å². The van der Waals surface area contributed by atoms with Crippen LogP contribution in [0.1, 0.15) is 34.5 Å². The summed E-state index contributed by atoms with van der Waals surface area (Å²) >= 11 is 1.13. The van der Waals surface area contributed by atoms with Crippen molar-refractivity contribution in [1.82, 2.24) is 10.3 Å². The van der Waals surface area contributed by atoms with Crippen molar-refractivity contribution in [1.29, 1.82) is 0 Å². The highest BCUT2D eigenvalue weighted by Crippen LogP contribution is 2.30. The molecule has 12 heteroatoms. The van der Waals surface area contributed by atoms with Gasteiger partial charge in [-0.2, -0.15) is 0 Å². The highest BCUT2D eigenvalue weighted by molar-refractivity contribution is 7.13. The molecule has 6 N–H and O–H groups in total. The Morgan fingerprint density at radius 3 is 2.77 bits per heavy atom. The van der Waals surface area contributed by atoms with Gasteiger partial charge in [-0.05, 0) is 24.5 Å². The number of aromatic nitrogens is 1. The molecule has 0 fully saturated rings. The van der Waals surface area contributed by atoms with Crippen molar-refractivity contribution in [2.45, 2.75) is 25.2 Å². The summed E-state index contributed by atoms with van der Waals surface area (Å²) in [4.78, 5) is 39.1. The average molecular weight is 431 g/mol. The first-order chi connectivity index (χ1) is 14.3. The van der Waals surface area contributed by atoms with E-state index in [0.29, 0.717) is 11.3 Å². The number of allylic oxidation sites excluding steroid dienone is 1. The molecule has 0 saturated carbocycles. The topological polar surface area (TPSA) is 172 Å². The summed E-state index contributed by atoms with van der Waals surface area (Å²) in [5.74, 6) is -3.58. The van der Waals surface area contributed by atoms with Gasteiger partial charge in [0.15, 0.2) is 5.13 Å². The van der Waals surface area contributed by atoms with Gasteiger partial charge in [0.25, 0.3) is 5.91 Å². The van der Waals surface area contributed by atoms with Crippen molar-refractivity contribution < 1.29 is 34.3 Å². The molecule has 1 aromatic heterocycles. The zero-order chi connectivity index (χ0) is 21.8. The smallest absolute Gasteiger partial charge is 0.534 e. The molecule has 0 bridgehead atoms. The first-order valence-electron chi connectivity index (χ1n) is 8.90. The number of amides is 1. The Balaban J connectivity index is 1.81. The highest BCUT2D eigenvalue weighted by Gasteiger charge is 2.38. The van der Waals surface area contributed by atoms with Crippen LogP contribution in [0, 0.1) is 0 Å². The van der Waals surface area contributed by atoms with Crippen LogP contribution in [0.25, 0.3) is 5.57 Å². The molecule has 10 nitrogen and oxygen atoms in total. The van der Waals surface area contributed by atoms with Crippen LogP contribution in [0.5, 0.6) is 5.75 Å². The lowest BCUT2D eigenvalue weighted by molar-refractivity contribution is -0.136. The van der Waals surface area contributed by atoms with E-state index in [1.807, 2.05) is 0 Å². The summed E-state index contributed by atoms with van der Waals surface area (Å²) in [5, 5.41) is 32.9. The zero-order valence-electron chi connectivity index (χ0n) is 15.6. The largest absolute Gasteiger partial charge is 0.547 e. The van der Waals surface area contributed by atoms with E-state index in [1.54, 1.807) is 17.5 Å². The Bertz CT molecular complexity index is 1020. The van der Waals surface area contributed by atoms with Crippen molar-refractivity contribution in [3.8, 4) is 5.75 Å². The van der Waals surface area contributed by atoms with Crippen LogP contribution in [-0.4, -0.2) is 51.1 Å². The molecule has 1 atom stereocenters. The van der Waals surface area contributed by atoms with Gasteiger partial charge in [0.1, 0.15) is 5.75 Å². The Hall–Kier alpha value is -3.38. The number of hydrogen-bond donors (Lipinski definition) is 5. The van der Waals surface area contributed by atoms with E-state index in [4.69, 9.17) is 15.5 Å². The number of carbonyl (C=O) groups is 3. The van der Waals surface area contributed by atoms with Crippen molar-refractivity contribution in [2.24, 2.45) is 0 Å². The van der Waals surface area contributed by atoms with E-state index in [9.17, 15) is 24.5 Å². The Morgan fingerprint density at radius 1 is 1.37 bits per heavy atom. The molecule has 0 spiro atoms. The van der Waals surface area contributed by atoms with Gasteiger partial charge in [-0.1, -0.05) is 18.2 Å². The number of thiazole rings is 1. The van der Waals surface area contributed by atoms with Gasteiger partial charge in [-0.15, -0.1) is 11.3 Å². The maximum atomic E-state index is 12.9. The third kappa shape index (κ3) is 4.78. The number of nitrogens with two attached hydrogens (primary N) is 1. The van der Waals surface area contributed by atoms with Gasteiger partial charge >= 0.3 is 19.1 Å². The molecule has 1 amide bonds. The van der Waals surface area contributed by atoms with Crippen molar-refractivity contribution in [3.05, 3.63) is 46.5 Å². The second-order valence-electron chi connectivity index (χ2n) is 6.51. The monoisotopic (exact) mass is 431 g/mol. The minimum Gasteiger partial charge on any atom is -0.534 e. The predicted molar refractivity (Wildman–Crippen MR) is 109 cm³/mol. The van der Waals surface area contributed by atoms with E-state index in [0.717, 1.165) is 11.3 Å². The standard InChI is InChI=1S/C18H18BN3O7S/c20-18-21-12(8-30-18)10(4-2-6-14(23)24)16(25)22-13-7-9-3-1-5-11(17(26)27)15(9)29-19(13)28/h1,3-5,8,13,28H,2,6-7H2,(H2,20,21)(H,22,25)(H,23,24)(H,26,27)/b10-4-/t13-/m0/s1. The summed E-state index contributed by atoms with van der Waals surface area (Å²) in [6, 6.07) is 4.57. The summed E-state index contributed by atoms with van der Waals surface area (Å²) in [5.41, 5.74) is 6.50. The molecule has 1 aliphatic rings. The third-order valence-corrected chi connectivity index (χ3v) is 5.09. The summed E-state index contributed by atoms with van der Waals surface area (Å²) in [6.45, 7) is 0. The molecule has 30 heavy (non-hydrogen) atoms. The van der Waals surface area contributed by atoms with Crippen LogP contribution >= 0.6 is 11.3 Å². The molecule has 156 valence electrons. The molecule has 0 saturated heterocycles. The number of rotatable bonds is 7. The van der Waals surface area contributed by atoms with E-state index < -0.39 is 30.9 Å². The fourth-order valence-electron chi connectivity index (χ4n) is 3.03. The van der Waals surface area contributed by atoms with Crippen LogP contribution in [-0.2, 0) is 16.0 Å². The molecule has 1 aromatic carbocycles. The SMILES string of the molecule is Nc1nc(/C(=C/CCC(=O)O)C(=O)N[C@H]2Cc3cccc(C(=O)O)c3OB2O)cs1. The van der Waals surface area contributed by atoms with E-state index in [2.05, 4.69) is 10.3 Å². The number of nitrogens with zero attached hydrogens (tertiary/aromatic N) is 1. The van der Waals surface area contributed by atoms with Crippen LogP contribution in [0.15, 0.2) is 29.7 Å². The molecule has 2 aromatic rings. The number of carbonyl (C=O) groups excluding carboxylic acids is 1. The summed E-state index contributed by atoms with van der Waals surface area (Å²) < 4.78 is 5.37. The van der Waals surface area contributed by atoms with Crippen molar-refractivity contribution in [3.63, 3.8) is 0 Å². The maximum absolute atomic E-state index is 12.9. The number of benzene rings is 1. The Kier molecular flexibility index (Phi) is 6.38. The quantitative estimate of drug-likeness (QED) is 0.314. The first kappa shape index (κ1) is 21.3. The molecular formula is C18H18BN3O7S. The van der Waals surface area contributed by atoms with Gasteiger partial charge in [-0.3, -0.25) is 9.59 Å². The average Bonchev–Trinajstić information content (AvgIpc) is 3.10. The second-order valence-corrected chi connectivity index (χ2v) is 7.40. The van der Waals surface area contributed by atoms with Gasteiger partial charge in [0, 0.05) is 11.8 Å². The van der Waals surface area contributed by atoms with E-state index in [1.165, 1.54) is 12.1 Å². The second kappa shape index (κ2) is 8.97. The molecule has 0 unspecified atom stereocenters. The number of fused-ring (bicyclic) bond motifs is 1. The molecule has 2 heterocycles. The molecule has 0 aliphatic carbocycles. The van der Waals surface area contributed by atoms with Crippen LogP contribution < -0.4 is 15.7 Å². The normalized spacial score (nSPS) is 15.8. The number of carboxylic acid groups (broad SMARTS) is 2. The lowest BCUT2D eigenvalue weighted by Crippen LogP contribution is -2.53. The highest BCUT2D eigenvalue weighted by atomic mass is 32.1.